The van der Waals surface area contributed by atoms with Crippen molar-refractivity contribution in [3.05, 3.63) is 42.1 Å². The van der Waals surface area contributed by atoms with Gasteiger partial charge in [0.2, 0.25) is 0 Å². The number of nitrogens with zero attached hydrogens (tertiary/aromatic N) is 1. The summed E-state index contributed by atoms with van der Waals surface area (Å²) in [5.41, 5.74) is 3.47. The zero-order chi connectivity index (χ0) is 11.8. The van der Waals surface area contributed by atoms with Crippen molar-refractivity contribution < 1.29 is 9.84 Å². The fourth-order valence-corrected chi connectivity index (χ4v) is 2.34. The molecule has 0 amide bonds. The molecule has 0 fully saturated rings. The molecule has 1 unspecified atom stereocenters. The van der Waals surface area contributed by atoms with Gasteiger partial charge in [-0.15, -0.1) is 0 Å². The second kappa shape index (κ2) is 3.93. The number of benzene rings is 1. The highest BCUT2D eigenvalue weighted by Crippen LogP contribution is 2.37. The van der Waals surface area contributed by atoms with E-state index >= 15 is 0 Å². The van der Waals surface area contributed by atoms with Crippen LogP contribution in [0, 0.1) is 0 Å². The number of aromatic nitrogens is 1. The first kappa shape index (κ1) is 10.4. The quantitative estimate of drug-likeness (QED) is 0.858. The molecule has 1 aliphatic rings. The third kappa shape index (κ3) is 1.72. The molecule has 2 aromatic rings. The summed E-state index contributed by atoms with van der Waals surface area (Å²) in [6.07, 6.45) is 1.67. The van der Waals surface area contributed by atoms with E-state index in [1.165, 1.54) is 11.3 Å². The van der Waals surface area contributed by atoms with Crippen molar-refractivity contribution in [2.45, 2.75) is 26.2 Å². The standard InChI is InChI=1S/C14H15NO2/c1-10(16)8-15-7-6-11-9-17-13-5-3-2-4-12(13)14(11)15/h2-7,10,16H,8-9H2,1H3. The average Bonchev–Trinajstić information content (AvgIpc) is 2.72. The molecular formula is C14H15NO2. The molecule has 0 spiro atoms. The van der Waals surface area contributed by atoms with Crippen LogP contribution in [0.4, 0.5) is 0 Å². The Morgan fingerprint density at radius 1 is 1.35 bits per heavy atom. The van der Waals surface area contributed by atoms with Crippen molar-refractivity contribution in [1.82, 2.24) is 4.57 Å². The van der Waals surface area contributed by atoms with E-state index in [-0.39, 0.29) is 6.10 Å². The van der Waals surface area contributed by atoms with Gasteiger partial charge >= 0.3 is 0 Å². The molecule has 0 bridgehead atoms. The van der Waals surface area contributed by atoms with Gasteiger partial charge in [0.25, 0.3) is 0 Å². The number of aliphatic hydroxyl groups is 1. The zero-order valence-corrected chi connectivity index (χ0v) is 9.76. The molecule has 1 aliphatic heterocycles. The summed E-state index contributed by atoms with van der Waals surface area (Å²) in [6.45, 7) is 3.03. The summed E-state index contributed by atoms with van der Waals surface area (Å²) >= 11 is 0. The van der Waals surface area contributed by atoms with E-state index < -0.39 is 0 Å². The predicted molar refractivity (Wildman–Crippen MR) is 65.9 cm³/mol. The van der Waals surface area contributed by atoms with Crippen LogP contribution < -0.4 is 4.74 Å². The second-order valence-electron chi connectivity index (χ2n) is 4.48. The van der Waals surface area contributed by atoms with Crippen LogP contribution in [0.25, 0.3) is 11.3 Å². The molecular weight excluding hydrogens is 214 g/mol. The lowest BCUT2D eigenvalue weighted by molar-refractivity contribution is 0.174. The highest BCUT2D eigenvalue weighted by Gasteiger charge is 2.20. The van der Waals surface area contributed by atoms with Crippen molar-refractivity contribution in [3.63, 3.8) is 0 Å². The molecule has 1 aromatic heterocycles. The van der Waals surface area contributed by atoms with Crippen LogP contribution in [-0.4, -0.2) is 15.8 Å². The van der Waals surface area contributed by atoms with Crippen LogP contribution in [-0.2, 0) is 13.2 Å². The zero-order valence-electron chi connectivity index (χ0n) is 9.76. The Labute approximate surface area is 100 Å². The smallest absolute Gasteiger partial charge is 0.129 e. The number of rotatable bonds is 2. The summed E-state index contributed by atoms with van der Waals surface area (Å²) in [5, 5.41) is 9.52. The minimum Gasteiger partial charge on any atom is -0.488 e. The van der Waals surface area contributed by atoms with E-state index in [1.54, 1.807) is 6.92 Å². The molecule has 88 valence electrons. The van der Waals surface area contributed by atoms with Crippen molar-refractivity contribution in [3.8, 4) is 17.0 Å². The van der Waals surface area contributed by atoms with E-state index in [1.807, 2.05) is 24.4 Å². The van der Waals surface area contributed by atoms with E-state index in [2.05, 4.69) is 16.7 Å². The molecule has 1 aromatic carbocycles. The Balaban J connectivity index is 2.12. The third-order valence-electron chi connectivity index (χ3n) is 3.03. The maximum atomic E-state index is 9.52. The maximum absolute atomic E-state index is 9.52. The van der Waals surface area contributed by atoms with Gasteiger partial charge in [0.1, 0.15) is 12.4 Å². The summed E-state index contributed by atoms with van der Waals surface area (Å²) in [4.78, 5) is 0. The highest BCUT2D eigenvalue weighted by atomic mass is 16.5. The van der Waals surface area contributed by atoms with Crippen LogP contribution >= 0.6 is 0 Å². The predicted octanol–water partition coefficient (Wildman–Crippen LogP) is 2.43. The first-order valence-electron chi connectivity index (χ1n) is 5.84. The molecule has 3 rings (SSSR count). The van der Waals surface area contributed by atoms with Gasteiger partial charge in [-0.2, -0.15) is 0 Å². The monoisotopic (exact) mass is 229 g/mol. The number of aliphatic hydroxyl groups excluding tert-OH is 1. The van der Waals surface area contributed by atoms with E-state index in [0.29, 0.717) is 13.2 Å². The Hall–Kier alpha value is -1.74. The molecule has 0 aliphatic carbocycles. The normalized spacial score (nSPS) is 14.7. The second-order valence-corrected chi connectivity index (χ2v) is 4.48. The molecule has 2 heterocycles. The van der Waals surface area contributed by atoms with Gasteiger partial charge in [-0.1, -0.05) is 12.1 Å². The average molecular weight is 229 g/mol. The SMILES string of the molecule is CC(O)Cn1ccc2c1-c1ccccc1OC2. The topological polar surface area (TPSA) is 34.4 Å². The molecule has 1 N–H and O–H groups in total. The van der Waals surface area contributed by atoms with Gasteiger partial charge in [-0.3, -0.25) is 0 Å². The molecule has 0 saturated carbocycles. The Morgan fingerprint density at radius 3 is 3.00 bits per heavy atom. The van der Waals surface area contributed by atoms with Gasteiger partial charge < -0.3 is 14.4 Å². The van der Waals surface area contributed by atoms with Gasteiger partial charge in [-0.05, 0) is 25.1 Å². The van der Waals surface area contributed by atoms with Crippen LogP contribution in [0.2, 0.25) is 0 Å². The molecule has 3 heteroatoms. The molecule has 17 heavy (non-hydrogen) atoms. The molecule has 3 nitrogen and oxygen atoms in total. The van der Waals surface area contributed by atoms with Crippen LogP contribution in [0.5, 0.6) is 5.75 Å². The first-order valence-corrected chi connectivity index (χ1v) is 5.84. The highest BCUT2D eigenvalue weighted by molar-refractivity contribution is 5.72. The van der Waals surface area contributed by atoms with Crippen LogP contribution in [0.1, 0.15) is 12.5 Å². The number of hydrogen-bond donors (Lipinski definition) is 1. The number of para-hydroxylation sites is 1. The van der Waals surface area contributed by atoms with Crippen molar-refractivity contribution in [1.29, 1.82) is 0 Å². The summed E-state index contributed by atoms with van der Waals surface area (Å²) in [6, 6.07) is 10.1. The Kier molecular flexibility index (Phi) is 2.41. The summed E-state index contributed by atoms with van der Waals surface area (Å²) in [7, 11) is 0. The fourth-order valence-electron chi connectivity index (χ4n) is 2.34. The third-order valence-corrected chi connectivity index (χ3v) is 3.03. The van der Waals surface area contributed by atoms with Gasteiger partial charge in [-0.25, -0.2) is 0 Å². The lowest BCUT2D eigenvalue weighted by Gasteiger charge is -2.20. The summed E-state index contributed by atoms with van der Waals surface area (Å²) in [5.74, 6) is 0.922. The van der Waals surface area contributed by atoms with Crippen molar-refractivity contribution >= 4 is 0 Å². The van der Waals surface area contributed by atoms with Crippen molar-refractivity contribution in [2.75, 3.05) is 0 Å². The van der Waals surface area contributed by atoms with E-state index in [4.69, 9.17) is 4.74 Å². The Bertz CT molecular complexity index is 543. The van der Waals surface area contributed by atoms with E-state index in [9.17, 15) is 5.11 Å². The molecule has 0 saturated heterocycles. The van der Waals surface area contributed by atoms with Crippen LogP contribution in [0.3, 0.4) is 0 Å². The lowest BCUT2D eigenvalue weighted by Crippen LogP contribution is -2.14. The molecule has 1 atom stereocenters. The van der Waals surface area contributed by atoms with Crippen molar-refractivity contribution in [2.24, 2.45) is 0 Å². The van der Waals surface area contributed by atoms with Gasteiger partial charge in [0.05, 0.1) is 11.8 Å². The minimum atomic E-state index is -0.346. The largest absolute Gasteiger partial charge is 0.488 e. The van der Waals surface area contributed by atoms with Crippen LogP contribution in [0.15, 0.2) is 36.5 Å². The first-order chi connectivity index (χ1) is 8.25. The number of hydrogen-bond acceptors (Lipinski definition) is 2. The lowest BCUT2D eigenvalue weighted by atomic mass is 10.0. The minimum absolute atomic E-state index is 0.346. The fraction of sp³-hybridized carbons (Fsp3) is 0.286. The van der Waals surface area contributed by atoms with Gasteiger partial charge in [0.15, 0.2) is 0 Å². The number of fused-ring (bicyclic) bond motifs is 3. The van der Waals surface area contributed by atoms with Gasteiger partial charge in [0, 0.05) is 23.9 Å². The maximum Gasteiger partial charge on any atom is 0.129 e. The Morgan fingerprint density at radius 2 is 2.18 bits per heavy atom. The molecule has 0 radical (unpaired) electrons. The van der Waals surface area contributed by atoms with E-state index in [0.717, 1.165) is 11.3 Å². The number of ether oxygens (including phenoxy) is 1. The summed E-state index contributed by atoms with van der Waals surface area (Å²) < 4.78 is 7.79.